The van der Waals surface area contributed by atoms with Crippen LogP contribution in [0.15, 0.2) is 22.8 Å². The lowest BCUT2D eigenvalue weighted by atomic mass is 10.0. The molecule has 1 aromatic rings. The maximum Gasteiger partial charge on any atom is 0.287 e. The third-order valence-electron chi connectivity index (χ3n) is 4.36. The van der Waals surface area contributed by atoms with E-state index in [2.05, 4.69) is 5.32 Å². The molecule has 140 valence electrons. The van der Waals surface area contributed by atoms with E-state index in [1.54, 1.807) is 11.0 Å². The Morgan fingerprint density at radius 2 is 2.12 bits per heavy atom. The number of sulfone groups is 1. The maximum atomic E-state index is 13.1. The van der Waals surface area contributed by atoms with Gasteiger partial charge < -0.3 is 14.6 Å². The Morgan fingerprint density at radius 3 is 2.60 bits per heavy atom. The van der Waals surface area contributed by atoms with Gasteiger partial charge in [0.05, 0.1) is 17.8 Å². The Hall–Kier alpha value is -1.83. The van der Waals surface area contributed by atoms with Crippen LogP contribution in [0, 0.1) is 5.92 Å². The molecular weight excluding hydrogens is 344 g/mol. The summed E-state index contributed by atoms with van der Waals surface area (Å²) < 4.78 is 28.7. The van der Waals surface area contributed by atoms with Crippen molar-refractivity contribution in [3.05, 3.63) is 24.2 Å². The van der Waals surface area contributed by atoms with Crippen LogP contribution in [-0.4, -0.2) is 55.3 Å². The first kappa shape index (κ1) is 19.5. The highest BCUT2D eigenvalue weighted by molar-refractivity contribution is 7.91. The van der Waals surface area contributed by atoms with Crippen molar-refractivity contribution in [1.82, 2.24) is 10.2 Å². The number of nitrogens with zero attached hydrogens (tertiary/aromatic N) is 1. The average Bonchev–Trinajstić information content (AvgIpc) is 3.18. The molecule has 0 aliphatic carbocycles. The summed E-state index contributed by atoms with van der Waals surface area (Å²) in [7, 11) is -3.09. The van der Waals surface area contributed by atoms with Crippen LogP contribution in [0.1, 0.15) is 44.2 Å². The molecule has 0 radical (unpaired) electrons. The van der Waals surface area contributed by atoms with Crippen molar-refractivity contribution in [2.75, 3.05) is 18.1 Å². The Kier molecular flexibility index (Phi) is 6.26. The van der Waals surface area contributed by atoms with Gasteiger partial charge in [-0.3, -0.25) is 9.59 Å². The van der Waals surface area contributed by atoms with Crippen LogP contribution < -0.4 is 5.32 Å². The Balaban J connectivity index is 2.16. The topological polar surface area (TPSA) is 96.7 Å². The summed E-state index contributed by atoms with van der Waals surface area (Å²) in [4.78, 5) is 26.9. The van der Waals surface area contributed by atoms with E-state index in [0.29, 0.717) is 13.0 Å². The zero-order valence-electron chi connectivity index (χ0n) is 14.9. The van der Waals surface area contributed by atoms with E-state index in [1.165, 1.54) is 12.3 Å². The molecule has 1 fully saturated rings. The normalized spacial score (nSPS) is 20.4. The maximum absolute atomic E-state index is 13.1. The van der Waals surface area contributed by atoms with E-state index in [4.69, 9.17) is 4.42 Å². The van der Waals surface area contributed by atoms with Gasteiger partial charge in [0, 0.05) is 12.6 Å². The van der Waals surface area contributed by atoms with E-state index in [9.17, 15) is 18.0 Å². The van der Waals surface area contributed by atoms with E-state index in [1.807, 2.05) is 20.8 Å². The Bertz CT molecular complexity index is 697. The average molecular weight is 370 g/mol. The second-order valence-electron chi connectivity index (χ2n) is 6.76. The van der Waals surface area contributed by atoms with E-state index >= 15 is 0 Å². The molecule has 1 saturated heterocycles. The number of furan rings is 1. The molecule has 0 spiro atoms. The first-order valence-electron chi connectivity index (χ1n) is 8.60. The minimum atomic E-state index is -3.09. The fraction of sp³-hybridized carbons (Fsp3) is 0.647. The fourth-order valence-corrected chi connectivity index (χ4v) is 4.78. The van der Waals surface area contributed by atoms with Crippen molar-refractivity contribution in [3.8, 4) is 0 Å². The molecule has 1 aromatic heterocycles. The number of hydrogen-bond donors (Lipinski definition) is 1. The van der Waals surface area contributed by atoms with Gasteiger partial charge in [-0.25, -0.2) is 8.42 Å². The van der Waals surface area contributed by atoms with Crippen LogP contribution >= 0.6 is 0 Å². The molecule has 0 saturated carbocycles. The highest BCUT2D eigenvalue weighted by Gasteiger charge is 2.38. The minimum absolute atomic E-state index is 0.00428. The number of nitrogens with one attached hydrogen (secondary N) is 1. The summed E-state index contributed by atoms with van der Waals surface area (Å²) in [6, 6.07) is 2.09. The van der Waals surface area contributed by atoms with Gasteiger partial charge in [-0.1, -0.05) is 20.8 Å². The minimum Gasteiger partial charge on any atom is -0.459 e. The molecule has 8 heteroatoms. The monoisotopic (exact) mass is 370 g/mol. The standard InChI is InChI=1S/C17H26N2O5S/c1-4-8-19(13-7-10-25(22,23)11-13)17(21)15(12(2)3)18-16(20)14-6-5-9-24-14/h5-6,9,12-13,15H,4,7-8,10-11H2,1-3H3,(H,18,20). The molecule has 2 heterocycles. The summed E-state index contributed by atoms with van der Waals surface area (Å²) >= 11 is 0. The number of amides is 2. The summed E-state index contributed by atoms with van der Waals surface area (Å²) in [5.74, 6) is -0.578. The molecule has 2 unspecified atom stereocenters. The van der Waals surface area contributed by atoms with Gasteiger partial charge >= 0.3 is 0 Å². The van der Waals surface area contributed by atoms with Gasteiger partial charge in [-0.15, -0.1) is 0 Å². The third kappa shape index (κ3) is 4.84. The summed E-state index contributed by atoms with van der Waals surface area (Å²) in [6.45, 7) is 6.11. The highest BCUT2D eigenvalue weighted by Crippen LogP contribution is 2.20. The lowest BCUT2D eigenvalue weighted by molar-refractivity contribution is -0.136. The summed E-state index contributed by atoms with van der Waals surface area (Å²) in [5.41, 5.74) is 0. The van der Waals surface area contributed by atoms with Crippen molar-refractivity contribution in [2.24, 2.45) is 5.92 Å². The quantitative estimate of drug-likeness (QED) is 0.784. The van der Waals surface area contributed by atoms with Gasteiger partial charge in [0.2, 0.25) is 5.91 Å². The van der Waals surface area contributed by atoms with Crippen LogP contribution in [0.4, 0.5) is 0 Å². The molecular formula is C17H26N2O5S. The Labute approximate surface area is 148 Å². The van der Waals surface area contributed by atoms with E-state index < -0.39 is 21.8 Å². The van der Waals surface area contributed by atoms with Gasteiger partial charge in [-0.05, 0) is 30.9 Å². The van der Waals surface area contributed by atoms with Crippen LogP contribution in [0.3, 0.4) is 0 Å². The zero-order chi connectivity index (χ0) is 18.6. The molecule has 2 atom stereocenters. The first-order chi connectivity index (χ1) is 11.7. The number of carbonyl (C=O) groups is 2. The summed E-state index contributed by atoms with van der Waals surface area (Å²) in [5, 5.41) is 2.73. The molecule has 1 N–H and O–H groups in total. The molecule has 25 heavy (non-hydrogen) atoms. The van der Waals surface area contributed by atoms with Crippen molar-refractivity contribution in [3.63, 3.8) is 0 Å². The van der Waals surface area contributed by atoms with Crippen molar-refractivity contribution in [2.45, 2.75) is 45.7 Å². The first-order valence-corrected chi connectivity index (χ1v) is 10.4. The van der Waals surface area contributed by atoms with E-state index in [0.717, 1.165) is 6.42 Å². The SMILES string of the molecule is CCCN(C(=O)C(NC(=O)c1ccco1)C(C)C)C1CCS(=O)(=O)C1. The summed E-state index contributed by atoms with van der Waals surface area (Å²) in [6.07, 6.45) is 2.57. The van der Waals surface area contributed by atoms with Crippen LogP contribution in [0.5, 0.6) is 0 Å². The second-order valence-corrected chi connectivity index (χ2v) is 8.99. The number of carbonyl (C=O) groups excluding carboxylic acids is 2. The zero-order valence-corrected chi connectivity index (χ0v) is 15.7. The molecule has 2 amide bonds. The lowest BCUT2D eigenvalue weighted by Gasteiger charge is -2.33. The largest absolute Gasteiger partial charge is 0.459 e. The molecule has 7 nitrogen and oxygen atoms in total. The van der Waals surface area contributed by atoms with Crippen LogP contribution in [0.2, 0.25) is 0 Å². The van der Waals surface area contributed by atoms with Gasteiger partial charge in [0.1, 0.15) is 6.04 Å². The highest BCUT2D eigenvalue weighted by atomic mass is 32.2. The molecule has 1 aliphatic heterocycles. The smallest absolute Gasteiger partial charge is 0.287 e. The van der Waals surface area contributed by atoms with Crippen LogP contribution in [0.25, 0.3) is 0 Å². The van der Waals surface area contributed by atoms with Crippen LogP contribution in [-0.2, 0) is 14.6 Å². The van der Waals surface area contributed by atoms with Gasteiger partial charge in [0.15, 0.2) is 15.6 Å². The van der Waals surface area contributed by atoms with Crippen molar-refractivity contribution < 1.29 is 22.4 Å². The predicted molar refractivity (Wildman–Crippen MR) is 93.9 cm³/mol. The van der Waals surface area contributed by atoms with Gasteiger partial charge in [-0.2, -0.15) is 0 Å². The third-order valence-corrected chi connectivity index (χ3v) is 6.11. The van der Waals surface area contributed by atoms with Gasteiger partial charge in [0.25, 0.3) is 5.91 Å². The lowest BCUT2D eigenvalue weighted by Crippen LogP contribution is -2.54. The predicted octanol–water partition coefficient (Wildman–Crippen LogP) is 1.46. The molecule has 1 aliphatic rings. The van der Waals surface area contributed by atoms with E-state index in [-0.39, 0.29) is 35.1 Å². The number of rotatable bonds is 7. The molecule has 0 bridgehead atoms. The Morgan fingerprint density at radius 1 is 1.40 bits per heavy atom. The fourth-order valence-electron chi connectivity index (χ4n) is 3.05. The van der Waals surface area contributed by atoms with Crippen molar-refractivity contribution >= 4 is 21.7 Å². The second kappa shape index (κ2) is 8.03. The molecule has 0 aromatic carbocycles. The van der Waals surface area contributed by atoms with Crippen molar-refractivity contribution in [1.29, 1.82) is 0 Å². The number of hydrogen-bond acceptors (Lipinski definition) is 5. The molecule has 2 rings (SSSR count).